The Morgan fingerprint density at radius 3 is 2.64 bits per heavy atom. The minimum atomic E-state index is -0.468. The first-order chi connectivity index (χ1) is 12.1. The van der Waals surface area contributed by atoms with Crippen LogP contribution in [0.5, 0.6) is 11.5 Å². The molecule has 0 spiro atoms. The lowest BCUT2D eigenvalue weighted by atomic mass is 10.2. The lowest BCUT2D eigenvalue weighted by molar-refractivity contribution is -0.384. The predicted octanol–water partition coefficient (Wildman–Crippen LogP) is 3.22. The van der Waals surface area contributed by atoms with Gasteiger partial charge in [-0.15, -0.1) is 0 Å². The minimum Gasteiger partial charge on any atom is -0.486 e. The molecule has 0 aromatic heterocycles. The maximum absolute atomic E-state index is 10.7. The van der Waals surface area contributed by atoms with Gasteiger partial charge in [-0.25, -0.2) is 0 Å². The number of nitrogens with one attached hydrogen (secondary N) is 2. The molecule has 0 aliphatic carbocycles. The fourth-order valence-corrected chi connectivity index (χ4v) is 2.72. The van der Waals surface area contributed by atoms with Crippen LogP contribution < -0.4 is 20.1 Å². The molecule has 0 unspecified atom stereocenters. The van der Waals surface area contributed by atoms with Crippen molar-refractivity contribution in [2.24, 2.45) is 0 Å². The fraction of sp³-hybridized carbons (Fsp3) is 0.294. The minimum absolute atomic E-state index is 0.0210. The maximum Gasteiger partial charge on any atom is 0.271 e. The smallest absolute Gasteiger partial charge is 0.271 e. The van der Waals surface area contributed by atoms with Gasteiger partial charge in [-0.05, 0) is 23.8 Å². The monoisotopic (exact) mass is 363 g/mol. The van der Waals surface area contributed by atoms with E-state index in [2.05, 4.69) is 10.6 Å². The van der Waals surface area contributed by atoms with E-state index in [0.29, 0.717) is 43.6 Å². The van der Waals surface area contributed by atoms with Gasteiger partial charge in [0, 0.05) is 31.8 Å². The summed E-state index contributed by atoms with van der Waals surface area (Å²) in [5, 5.41) is 17.5. The number of non-ortho nitro benzene ring substituents is 1. The third-order valence-corrected chi connectivity index (χ3v) is 4.03. The number of hydrogen-bond donors (Lipinski definition) is 2. The molecule has 1 aliphatic rings. The maximum atomic E-state index is 10.7. The van der Waals surface area contributed by atoms with E-state index in [9.17, 15) is 10.1 Å². The van der Waals surface area contributed by atoms with Crippen LogP contribution in [0.2, 0.25) is 5.02 Å². The first kappa shape index (κ1) is 17.3. The quantitative estimate of drug-likeness (QED) is 0.446. The molecule has 1 aliphatic heterocycles. The molecule has 132 valence electrons. The molecule has 0 saturated carbocycles. The Kier molecular flexibility index (Phi) is 5.57. The van der Waals surface area contributed by atoms with Crippen LogP contribution in [0.1, 0.15) is 5.56 Å². The van der Waals surface area contributed by atoms with Crippen molar-refractivity contribution < 1.29 is 14.4 Å². The summed E-state index contributed by atoms with van der Waals surface area (Å²) in [4.78, 5) is 10.2. The molecule has 0 radical (unpaired) electrons. The van der Waals surface area contributed by atoms with Gasteiger partial charge in [0.2, 0.25) is 0 Å². The van der Waals surface area contributed by atoms with Gasteiger partial charge >= 0.3 is 0 Å². The number of rotatable bonds is 7. The van der Waals surface area contributed by atoms with Gasteiger partial charge in [-0.2, -0.15) is 0 Å². The number of nitrogens with zero attached hydrogens (tertiary/aromatic N) is 1. The highest BCUT2D eigenvalue weighted by molar-refractivity contribution is 6.33. The van der Waals surface area contributed by atoms with Crippen molar-refractivity contribution in [2.45, 2.75) is 6.54 Å². The normalized spacial score (nSPS) is 12.7. The zero-order valence-electron chi connectivity index (χ0n) is 13.5. The molecular weight excluding hydrogens is 346 g/mol. The Morgan fingerprint density at radius 2 is 1.88 bits per heavy atom. The second kappa shape index (κ2) is 8.04. The van der Waals surface area contributed by atoms with Crippen LogP contribution in [-0.4, -0.2) is 31.2 Å². The summed E-state index contributed by atoms with van der Waals surface area (Å²) in [5.74, 6) is 1.56. The predicted molar refractivity (Wildman–Crippen MR) is 95.7 cm³/mol. The molecular formula is C17H18ClN3O4. The molecule has 0 amide bonds. The Labute approximate surface area is 150 Å². The topological polar surface area (TPSA) is 85.7 Å². The van der Waals surface area contributed by atoms with E-state index in [1.165, 1.54) is 12.1 Å². The van der Waals surface area contributed by atoms with E-state index in [0.717, 1.165) is 17.1 Å². The number of hydrogen-bond acceptors (Lipinski definition) is 6. The highest BCUT2D eigenvalue weighted by Crippen LogP contribution is 2.30. The summed E-state index contributed by atoms with van der Waals surface area (Å²) >= 11 is 6.04. The van der Waals surface area contributed by atoms with Crippen LogP contribution in [-0.2, 0) is 6.54 Å². The Balaban J connectivity index is 1.44. The van der Waals surface area contributed by atoms with Crippen LogP contribution in [0.4, 0.5) is 11.4 Å². The molecule has 2 N–H and O–H groups in total. The van der Waals surface area contributed by atoms with Gasteiger partial charge in [-0.3, -0.25) is 10.1 Å². The molecule has 0 saturated heterocycles. The number of nitro groups is 1. The Bertz CT molecular complexity index is 770. The summed E-state index contributed by atoms with van der Waals surface area (Å²) in [6, 6.07) is 10.3. The van der Waals surface area contributed by atoms with Crippen LogP contribution >= 0.6 is 11.6 Å². The molecule has 3 rings (SSSR count). The second-order valence-electron chi connectivity index (χ2n) is 5.50. The molecule has 2 aromatic carbocycles. The lowest BCUT2D eigenvalue weighted by Crippen LogP contribution is -2.22. The van der Waals surface area contributed by atoms with E-state index in [1.807, 2.05) is 18.2 Å². The van der Waals surface area contributed by atoms with Gasteiger partial charge < -0.3 is 20.1 Å². The van der Waals surface area contributed by atoms with Gasteiger partial charge in [0.1, 0.15) is 13.2 Å². The van der Waals surface area contributed by atoms with Crippen LogP contribution in [0.3, 0.4) is 0 Å². The van der Waals surface area contributed by atoms with Crippen LogP contribution in [0.25, 0.3) is 0 Å². The van der Waals surface area contributed by atoms with Crippen molar-refractivity contribution in [3.8, 4) is 11.5 Å². The van der Waals surface area contributed by atoms with E-state index < -0.39 is 4.92 Å². The zero-order chi connectivity index (χ0) is 17.6. The van der Waals surface area contributed by atoms with Gasteiger partial charge in [-0.1, -0.05) is 17.7 Å². The molecule has 0 atom stereocenters. The van der Waals surface area contributed by atoms with Crippen molar-refractivity contribution >= 4 is 23.0 Å². The van der Waals surface area contributed by atoms with Crippen LogP contribution in [0, 0.1) is 10.1 Å². The summed E-state index contributed by atoms with van der Waals surface area (Å²) < 4.78 is 11.1. The SMILES string of the molecule is O=[N+]([O-])c1ccc(NCCNCc2ccc3c(c2)OCCO3)c(Cl)c1. The van der Waals surface area contributed by atoms with Crippen molar-refractivity contribution in [1.29, 1.82) is 0 Å². The van der Waals surface area contributed by atoms with E-state index in [-0.39, 0.29) is 5.69 Å². The lowest BCUT2D eigenvalue weighted by Gasteiger charge is -2.19. The molecule has 2 aromatic rings. The van der Waals surface area contributed by atoms with E-state index in [1.54, 1.807) is 6.07 Å². The number of nitro benzene ring substituents is 1. The van der Waals surface area contributed by atoms with Gasteiger partial charge in [0.25, 0.3) is 5.69 Å². The molecule has 25 heavy (non-hydrogen) atoms. The highest BCUT2D eigenvalue weighted by Gasteiger charge is 2.11. The van der Waals surface area contributed by atoms with Crippen molar-refractivity contribution in [3.63, 3.8) is 0 Å². The molecule has 0 bridgehead atoms. The third-order valence-electron chi connectivity index (χ3n) is 3.72. The van der Waals surface area contributed by atoms with Crippen molar-refractivity contribution in [3.05, 3.63) is 57.1 Å². The summed E-state index contributed by atoms with van der Waals surface area (Å²) in [6.45, 7) is 3.21. The number of fused-ring (bicyclic) bond motifs is 1. The average Bonchev–Trinajstić information content (AvgIpc) is 2.62. The Morgan fingerprint density at radius 1 is 1.08 bits per heavy atom. The van der Waals surface area contributed by atoms with E-state index >= 15 is 0 Å². The summed E-state index contributed by atoms with van der Waals surface area (Å²) in [7, 11) is 0. The van der Waals surface area contributed by atoms with Gasteiger partial charge in [0.05, 0.1) is 15.6 Å². The third kappa shape index (κ3) is 4.52. The number of ether oxygens (including phenoxy) is 2. The highest BCUT2D eigenvalue weighted by atomic mass is 35.5. The number of halogens is 1. The van der Waals surface area contributed by atoms with Gasteiger partial charge in [0.15, 0.2) is 11.5 Å². The standard InChI is InChI=1S/C17H18ClN3O4/c18-14-10-13(21(22)23)2-3-15(14)20-6-5-19-11-12-1-4-16-17(9-12)25-8-7-24-16/h1-4,9-10,19-20H,5-8,11H2. The van der Waals surface area contributed by atoms with Crippen molar-refractivity contribution in [2.75, 3.05) is 31.6 Å². The first-order valence-corrected chi connectivity index (χ1v) is 8.28. The fourth-order valence-electron chi connectivity index (χ4n) is 2.48. The largest absolute Gasteiger partial charge is 0.486 e. The molecule has 7 nitrogen and oxygen atoms in total. The first-order valence-electron chi connectivity index (χ1n) is 7.90. The molecule has 1 heterocycles. The Hall–Kier alpha value is -2.51. The number of benzene rings is 2. The second-order valence-corrected chi connectivity index (χ2v) is 5.91. The van der Waals surface area contributed by atoms with E-state index in [4.69, 9.17) is 21.1 Å². The summed E-state index contributed by atoms with van der Waals surface area (Å²) in [5.41, 5.74) is 1.76. The average molecular weight is 364 g/mol. The van der Waals surface area contributed by atoms with Crippen LogP contribution in [0.15, 0.2) is 36.4 Å². The van der Waals surface area contributed by atoms with Crippen molar-refractivity contribution in [1.82, 2.24) is 5.32 Å². The summed E-state index contributed by atoms with van der Waals surface area (Å²) in [6.07, 6.45) is 0. The zero-order valence-corrected chi connectivity index (χ0v) is 14.2. The molecule has 8 heteroatoms. The number of anilines is 1. The molecule has 0 fully saturated rings.